The molecule has 1 aromatic rings. The first kappa shape index (κ1) is 13.5. The number of anilines is 1. The van der Waals surface area contributed by atoms with Crippen LogP contribution in [0.5, 0.6) is 0 Å². The number of nitrogens with zero attached hydrogens (tertiary/aromatic N) is 2. The summed E-state index contributed by atoms with van der Waals surface area (Å²) in [4.78, 5) is 14.7. The third-order valence-electron chi connectivity index (χ3n) is 4.72. The van der Waals surface area contributed by atoms with Crippen molar-refractivity contribution >= 4 is 11.6 Å². The predicted octanol–water partition coefficient (Wildman–Crippen LogP) is 3.20. The second kappa shape index (κ2) is 5.51. The number of carbonyl (C=O) groups excluding carboxylic acids is 1. The quantitative estimate of drug-likeness (QED) is 0.861. The molecule has 2 aliphatic carbocycles. The highest BCUT2D eigenvalue weighted by molar-refractivity contribution is 5.94. The van der Waals surface area contributed by atoms with Crippen molar-refractivity contribution in [3.63, 3.8) is 0 Å². The van der Waals surface area contributed by atoms with E-state index < -0.39 is 0 Å². The predicted molar refractivity (Wildman–Crippen MR) is 80.7 cm³/mol. The molecule has 1 amide bonds. The van der Waals surface area contributed by atoms with Crippen LogP contribution < -0.4 is 5.73 Å². The molecular formula is C16H25N3O. The van der Waals surface area contributed by atoms with E-state index in [1.54, 1.807) is 0 Å². The van der Waals surface area contributed by atoms with Crippen LogP contribution in [0.2, 0.25) is 0 Å². The summed E-state index contributed by atoms with van der Waals surface area (Å²) in [6.07, 6.45) is 11.6. The van der Waals surface area contributed by atoms with E-state index in [9.17, 15) is 4.79 Å². The first-order chi connectivity index (χ1) is 9.66. The second-order valence-electron chi connectivity index (χ2n) is 6.36. The average Bonchev–Trinajstić information content (AvgIpc) is 3.24. The van der Waals surface area contributed by atoms with Gasteiger partial charge in [0.05, 0.1) is 5.69 Å². The van der Waals surface area contributed by atoms with Crippen LogP contribution in [-0.4, -0.2) is 28.5 Å². The van der Waals surface area contributed by atoms with Gasteiger partial charge in [-0.1, -0.05) is 25.7 Å². The smallest absolute Gasteiger partial charge is 0.270 e. The highest BCUT2D eigenvalue weighted by atomic mass is 16.2. The number of nitrogen functional groups attached to an aromatic ring is 1. The molecule has 0 unspecified atom stereocenters. The Bertz CT molecular complexity index is 482. The zero-order valence-electron chi connectivity index (χ0n) is 12.3. The molecule has 20 heavy (non-hydrogen) atoms. The van der Waals surface area contributed by atoms with Gasteiger partial charge in [-0.25, -0.2) is 0 Å². The van der Waals surface area contributed by atoms with Gasteiger partial charge < -0.3 is 15.2 Å². The lowest BCUT2D eigenvalue weighted by molar-refractivity contribution is 0.0706. The van der Waals surface area contributed by atoms with Gasteiger partial charge in [0.1, 0.15) is 5.69 Å². The fourth-order valence-corrected chi connectivity index (χ4v) is 3.32. The first-order valence-corrected chi connectivity index (χ1v) is 7.91. The zero-order valence-corrected chi connectivity index (χ0v) is 12.3. The van der Waals surface area contributed by atoms with E-state index in [4.69, 9.17) is 5.73 Å². The van der Waals surface area contributed by atoms with Gasteiger partial charge in [0.2, 0.25) is 0 Å². The van der Waals surface area contributed by atoms with Crippen LogP contribution in [0.1, 0.15) is 67.9 Å². The molecule has 110 valence electrons. The maximum atomic E-state index is 12.8. The minimum absolute atomic E-state index is 0.139. The van der Waals surface area contributed by atoms with E-state index in [-0.39, 0.29) is 5.91 Å². The van der Waals surface area contributed by atoms with Crippen LogP contribution in [-0.2, 0) is 0 Å². The van der Waals surface area contributed by atoms with Crippen LogP contribution in [0.25, 0.3) is 0 Å². The second-order valence-corrected chi connectivity index (χ2v) is 6.36. The molecule has 2 saturated carbocycles. The van der Waals surface area contributed by atoms with Crippen molar-refractivity contribution in [2.75, 3.05) is 12.8 Å². The van der Waals surface area contributed by atoms with Gasteiger partial charge in [-0.2, -0.15) is 0 Å². The molecule has 2 fully saturated rings. The molecule has 0 radical (unpaired) electrons. The van der Waals surface area contributed by atoms with Crippen molar-refractivity contribution in [1.82, 2.24) is 9.47 Å². The number of rotatable bonds is 3. The lowest BCUT2D eigenvalue weighted by atomic mass is 10.1. The summed E-state index contributed by atoms with van der Waals surface area (Å²) in [5.74, 6) is 0.139. The summed E-state index contributed by atoms with van der Waals surface area (Å²) >= 11 is 0. The van der Waals surface area contributed by atoms with E-state index in [2.05, 4.69) is 4.57 Å². The Morgan fingerprint density at radius 3 is 2.45 bits per heavy atom. The van der Waals surface area contributed by atoms with Gasteiger partial charge in [-0.05, 0) is 31.7 Å². The minimum Gasteiger partial charge on any atom is -0.397 e. The molecule has 3 rings (SSSR count). The molecular weight excluding hydrogens is 250 g/mol. The number of nitrogens with two attached hydrogens (primary N) is 1. The summed E-state index contributed by atoms with van der Waals surface area (Å²) in [5.41, 5.74) is 7.37. The van der Waals surface area contributed by atoms with Crippen LogP contribution in [0.3, 0.4) is 0 Å². The fourth-order valence-electron chi connectivity index (χ4n) is 3.32. The van der Waals surface area contributed by atoms with Crippen molar-refractivity contribution in [2.24, 2.45) is 0 Å². The molecule has 0 aromatic carbocycles. The number of carbonyl (C=O) groups is 1. The Hall–Kier alpha value is -1.45. The number of aromatic nitrogens is 1. The molecule has 1 aromatic heterocycles. The van der Waals surface area contributed by atoms with Gasteiger partial charge in [0.15, 0.2) is 0 Å². The van der Waals surface area contributed by atoms with E-state index in [1.165, 1.54) is 38.5 Å². The van der Waals surface area contributed by atoms with Gasteiger partial charge in [0.25, 0.3) is 5.91 Å². The largest absolute Gasteiger partial charge is 0.397 e. The van der Waals surface area contributed by atoms with Gasteiger partial charge in [-0.15, -0.1) is 0 Å². The molecule has 0 spiro atoms. The molecule has 0 atom stereocenters. The maximum Gasteiger partial charge on any atom is 0.270 e. The van der Waals surface area contributed by atoms with Crippen LogP contribution in [0.15, 0.2) is 12.3 Å². The molecule has 0 aliphatic heterocycles. The molecule has 4 nitrogen and oxygen atoms in total. The average molecular weight is 275 g/mol. The first-order valence-electron chi connectivity index (χ1n) is 7.91. The van der Waals surface area contributed by atoms with Crippen molar-refractivity contribution in [1.29, 1.82) is 0 Å². The number of amides is 1. The molecule has 2 N–H and O–H groups in total. The minimum atomic E-state index is 0.139. The molecule has 0 bridgehead atoms. The van der Waals surface area contributed by atoms with Crippen molar-refractivity contribution < 1.29 is 4.79 Å². The Morgan fingerprint density at radius 2 is 1.85 bits per heavy atom. The summed E-state index contributed by atoms with van der Waals surface area (Å²) in [6.45, 7) is 0. The summed E-state index contributed by atoms with van der Waals surface area (Å²) < 4.78 is 2.09. The number of hydrogen-bond donors (Lipinski definition) is 1. The normalized spacial score (nSPS) is 20.6. The van der Waals surface area contributed by atoms with E-state index >= 15 is 0 Å². The highest BCUT2D eigenvalue weighted by Crippen LogP contribution is 2.37. The molecule has 4 heteroatoms. The summed E-state index contributed by atoms with van der Waals surface area (Å²) in [7, 11) is 1.96. The molecule has 1 heterocycles. The van der Waals surface area contributed by atoms with E-state index in [0.29, 0.717) is 17.8 Å². The Kier molecular flexibility index (Phi) is 3.72. The Morgan fingerprint density at radius 1 is 1.20 bits per heavy atom. The standard InChI is InChI=1S/C16H25N3O/c1-18(13-6-4-2-3-5-7-13)16(20)15-10-12(17)11-19(15)14-8-9-14/h10-11,13-14H,2-9,17H2,1H3. The van der Waals surface area contributed by atoms with E-state index in [1.807, 2.05) is 24.2 Å². The SMILES string of the molecule is CN(C(=O)c1cc(N)cn1C1CC1)C1CCCCCC1. The third kappa shape index (κ3) is 2.69. The van der Waals surface area contributed by atoms with Gasteiger partial charge >= 0.3 is 0 Å². The maximum absolute atomic E-state index is 12.8. The zero-order chi connectivity index (χ0) is 14.1. The van der Waals surface area contributed by atoms with Crippen LogP contribution in [0, 0.1) is 0 Å². The summed E-state index contributed by atoms with van der Waals surface area (Å²) in [5, 5.41) is 0. The number of hydrogen-bond acceptors (Lipinski definition) is 2. The van der Waals surface area contributed by atoms with Crippen LogP contribution in [0.4, 0.5) is 5.69 Å². The van der Waals surface area contributed by atoms with Crippen molar-refractivity contribution in [2.45, 2.75) is 63.5 Å². The van der Waals surface area contributed by atoms with Gasteiger partial charge in [-0.3, -0.25) is 4.79 Å². The van der Waals surface area contributed by atoms with Crippen molar-refractivity contribution in [3.8, 4) is 0 Å². The van der Waals surface area contributed by atoms with Crippen molar-refractivity contribution in [3.05, 3.63) is 18.0 Å². The monoisotopic (exact) mass is 275 g/mol. The molecule has 2 aliphatic rings. The Labute approximate surface area is 120 Å². The van der Waals surface area contributed by atoms with Gasteiger partial charge in [0, 0.05) is 25.3 Å². The molecule has 0 saturated heterocycles. The van der Waals surface area contributed by atoms with Crippen LogP contribution >= 0.6 is 0 Å². The summed E-state index contributed by atoms with van der Waals surface area (Å²) in [6, 6.07) is 2.73. The van der Waals surface area contributed by atoms with E-state index in [0.717, 1.165) is 18.5 Å². The Balaban J connectivity index is 1.77. The highest BCUT2D eigenvalue weighted by Gasteiger charge is 2.30. The fraction of sp³-hybridized carbons (Fsp3) is 0.688. The lowest BCUT2D eigenvalue weighted by Gasteiger charge is -2.27. The topological polar surface area (TPSA) is 51.3 Å². The third-order valence-corrected chi connectivity index (χ3v) is 4.72. The lowest BCUT2D eigenvalue weighted by Crippen LogP contribution is -2.37.